The molecule has 0 bridgehead atoms. The highest BCUT2D eigenvalue weighted by molar-refractivity contribution is 5.99. The molecule has 2 atom stereocenters. The molecule has 0 radical (unpaired) electrons. The predicted octanol–water partition coefficient (Wildman–Crippen LogP) is 4.82. The van der Waals surface area contributed by atoms with Crippen molar-refractivity contribution in [3.05, 3.63) is 82.2 Å². The zero-order valence-corrected chi connectivity index (χ0v) is 21.7. The third-order valence-corrected chi connectivity index (χ3v) is 7.00. The number of imidazole rings is 1. The monoisotopic (exact) mass is 509 g/mol. The van der Waals surface area contributed by atoms with E-state index in [1.807, 2.05) is 49.4 Å². The number of benzene rings is 2. The highest BCUT2D eigenvalue weighted by Gasteiger charge is 2.22. The zero-order chi connectivity index (χ0) is 26.2. The molecule has 1 aliphatic rings. The lowest BCUT2D eigenvalue weighted by molar-refractivity contribution is 0.0278. The van der Waals surface area contributed by atoms with Crippen LogP contribution in [0.5, 0.6) is 0 Å². The minimum atomic E-state index is -0.246. The largest absolute Gasteiger partial charge is 0.374 e. The molecule has 4 heterocycles. The Hall–Kier alpha value is -4.08. The van der Waals surface area contributed by atoms with Crippen LogP contribution >= 0.6 is 0 Å². The molecular formula is C29H31N7O2. The molecule has 5 aromatic rings. The topological polar surface area (TPSA) is 121 Å². The number of ether oxygens (including phenoxy) is 1. The van der Waals surface area contributed by atoms with Crippen molar-refractivity contribution in [3.63, 3.8) is 0 Å². The van der Waals surface area contributed by atoms with Gasteiger partial charge in [-0.15, -0.1) is 0 Å². The van der Waals surface area contributed by atoms with Crippen molar-refractivity contribution in [2.75, 3.05) is 25.0 Å². The number of para-hydroxylation sites is 1. The summed E-state index contributed by atoms with van der Waals surface area (Å²) in [6, 6.07) is 15.5. The quantitative estimate of drug-likeness (QED) is 0.259. The van der Waals surface area contributed by atoms with Crippen LogP contribution in [-0.4, -0.2) is 44.6 Å². The smallest absolute Gasteiger partial charge is 0.261 e. The standard InChI is InChI=1S/C29H31N7O2/c1-16(2)20-10-11-31-27(33-20)17(3)32-26-19-6-4-5-7-21(19)36-29(37)25(26)28-34-22-9-8-18(14-23(22)35-28)24-15-30-12-13-38-24/h4-11,14,16-17,24,30H,12-13,15H2,1-3H3,(H,34,35)(H2,32,36,37)/t17?,24-/m1/s1. The Balaban J connectivity index is 1.45. The average Bonchev–Trinajstić information content (AvgIpc) is 3.36. The van der Waals surface area contributed by atoms with Gasteiger partial charge in [0, 0.05) is 30.4 Å². The number of aromatic amines is 2. The molecule has 1 unspecified atom stereocenters. The van der Waals surface area contributed by atoms with Crippen LogP contribution in [0.15, 0.2) is 59.5 Å². The van der Waals surface area contributed by atoms with Crippen molar-refractivity contribution < 1.29 is 4.74 Å². The molecule has 0 amide bonds. The molecule has 194 valence electrons. The first kappa shape index (κ1) is 24.3. The molecule has 2 aromatic carbocycles. The van der Waals surface area contributed by atoms with E-state index >= 15 is 0 Å². The first-order valence-electron chi connectivity index (χ1n) is 13.0. The van der Waals surface area contributed by atoms with Crippen molar-refractivity contribution in [2.45, 2.75) is 38.8 Å². The molecule has 0 saturated carbocycles. The maximum Gasteiger partial charge on any atom is 0.261 e. The van der Waals surface area contributed by atoms with Crippen molar-refractivity contribution in [1.29, 1.82) is 0 Å². The van der Waals surface area contributed by atoms with Gasteiger partial charge in [-0.05, 0) is 42.7 Å². The van der Waals surface area contributed by atoms with E-state index in [0.717, 1.165) is 46.3 Å². The van der Waals surface area contributed by atoms with Crippen LogP contribution in [0.2, 0.25) is 0 Å². The van der Waals surface area contributed by atoms with Gasteiger partial charge in [-0.3, -0.25) is 4.79 Å². The number of hydrogen-bond donors (Lipinski definition) is 4. The Labute approximate surface area is 220 Å². The first-order chi connectivity index (χ1) is 18.5. The highest BCUT2D eigenvalue weighted by atomic mass is 16.5. The zero-order valence-electron chi connectivity index (χ0n) is 21.7. The molecule has 1 saturated heterocycles. The summed E-state index contributed by atoms with van der Waals surface area (Å²) in [4.78, 5) is 34.0. The molecule has 38 heavy (non-hydrogen) atoms. The van der Waals surface area contributed by atoms with E-state index in [2.05, 4.69) is 45.5 Å². The Morgan fingerprint density at radius 2 is 1.89 bits per heavy atom. The summed E-state index contributed by atoms with van der Waals surface area (Å²) in [5, 5.41) is 7.81. The normalized spacial score (nSPS) is 16.8. The maximum absolute atomic E-state index is 13.5. The molecule has 1 fully saturated rings. The fourth-order valence-electron chi connectivity index (χ4n) is 4.94. The second-order valence-corrected chi connectivity index (χ2v) is 10.0. The molecule has 9 heteroatoms. The van der Waals surface area contributed by atoms with E-state index in [1.165, 1.54) is 0 Å². The maximum atomic E-state index is 13.5. The summed E-state index contributed by atoms with van der Waals surface area (Å²) >= 11 is 0. The van der Waals surface area contributed by atoms with Crippen LogP contribution in [0.4, 0.5) is 5.69 Å². The Kier molecular flexibility index (Phi) is 6.39. The van der Waals surface area contributed by atoms with E-state index < -0.39 is 0 Å². The molecule has 6 rings (SSSR count). The molecule has 0 aliphatic carbocycles. The number of hydrogen-bond acceptors (Lipinski definition) is 7. The minimum Gasteiger partial charge on any atom is -0.374 e. The lowest BCUT2D eigenvalue weighted by atomic mass is 10.1. The van der Waals surface area contributed by atoms with E-state index in [0.29, 0.717) is 29.5 Å². The van der Waals surface area contributed by atoms with Crippen molar-refractivity contribution in [1.82, 2.24) is 30.2 Å². The van der Waals surface area contributed by atoms with Gasteiger partial charge in [-0.1, -0.05) is 38.1 Å². The summed E-state index contributed by atoms with van der Waals surface area (Å²) < 4.78 is 5.93. The van der Waals surface area contributed by atoms with Crippen LogP contribution < -0.4 is 16.2 Å². The predicted molar refractivity (Wildman–Crippen MR) is 149 cm³/mol. The first-order valence-corrected chi connectivity index (χ1v) is 13.0. The number of morpholine rings is 1. The van der Waals surface area contributed by atoms with Crippen LogP contribution in [0.1, 0.15) is 55.9 Å². The lowest BCUT2D eigenvalue weighted by Crippen LogP contribution is -2.33. The fourth-order valence-corrected chi connectivity index (χ4v) is 4.94. The molecule has 1 aliphatic heterocycles. The number of rotatable bonds is 6. The third-order valence-electron chi connectivity index (χ3n) is 7.00. The van der Waals surface area contributed by atoms with E-state index in [9.17, 15) is 4.79 Å². The number of fused-ring (bicyclic) bond motifs is 2. The molecule has 0 spiro atoms. The number of pyridine rings is 1. The van der Waals surface area contributed by atoms with E-state index in [4.69, 9.17) is 14.7 Å². The van der Waals surface area contributed by atoms with Crippen molar-refractivity contribution >= 4 is 27.6 Å². The van der Waals surface area contributed by atoms with Gasteiger partial charge in [-0.25, -0.2) is 15.0 Å². The number of aromatic nitrogens is 5. The van der Waals surface area contributed by atoms with Gasteiger partial charge in [0.05, 0.1) is 41.0 Å². The molecule has 3 aromatic heterocycles. The molecule has 9 nitrogen and oxygen atoms in total. The van der Waals surface area contributed by atoms with Gasteiger partial charge in [0.25, 0.3) is 5.56 Å². The van der Waals surface area contributed by atoms with Crippen LogP contribution in [0, 0.1) is 0 Å². The van der Waals surface area contributed by atoms with E-state index in [1.54, 1.807) is 6.20 Å². The summed E-state index contributed by atoms with van der Waals surface area (Å²) in [5.74, 6) is 1.45. The van der Waals surface area contributed by atoms with Gasteiger partial charge >= 0.3 is 0 Å². The lowest BCUT2D eigenvalue weighted by Gasteiger charge is -2.23. The highest BCUT2D eigenvalue weighted by Crippen LogP contribution is 2.33. The van der Waals surface area contributed by atoms with Gasteiger partial charge in [0.1, 0.15) is 17.2 Å². The van der Waals surface area contributed by atoms with Gasteiger partial charge < -0.3 is 25.3 Å². The Morgan fingerprint density at radius 1 is 1.03 bits per heavy atom. The Morgan fingerprint density at radius 3 is 2.71 bits per heavy atom. The summed E-state index contributed by atoms with van der Waals surface area (Å²) in [5.41, 5.74) is 5.34. The molecular weight excluding hydrogens is 478 g/mol. The number of nitrogens with zero attached hydrogens (tertiary/aromatic N) is 3. The Bertz CT molecular complexity index is 1670. The fraction of sp³-hybridized carbons (Fsp3) is 0.310. The van der Waals surface area contributed by atoms with Crippen molar-refractivity contribution in [3.8, 4) is 11.4 Å². The number of anilines is 1. The number of H-pyrrole nitrogens is 2. The van der Waals surface area contributed by atoms with Crippen LogP contribution in [-0.2, 0) is 4.74 Å². The SMILES string of the molecule is CC(C)c1ccnc(C(C)Nc2c(-c3nc4ccc([C@H]5CNCCO5)cc4[nH]3)c(=O)[nH]c3ccccc23)n1. The second-order valence-electron chi connectivity index (χ2n) is 10.0. The average molecular weight is 510 g/mol. The number of nitrogens with one attached hydrogen (secondary N) is 4. The van der Waals surface area contributed by atoms with Gasteiger partial charge in [0.15, 0.2) is 0 Å². The van der Waals surface area contributed by atoms with E-state index in [-0.39, 0.29) is 23.6 Å². The summed E-state index contributed by atoms with van der Waals surface area (Å²) in [6.45, 7) is 8.52. The second kappa shape index (κ2) is 10.00. The summed E-state index contributed by atoms with van der Waals surface area (Å²) in [7, 11) is 0. The molecule has 4 N–H and O–H groups in total. The van der Waals surface area contributed by atoms with Crippen LogP contribution in [0.25, 0.3) is 33.3 Å². The van der Waals surface area contributed by atoms with Gasteiger partial charge in [-0.2, -0.15) is 0 Å². The minimum absolute atomic E-state index is 0.0105. The van der Waals surface area contributed by atoms with Gasteiger partial charge in [0.2, 0.25) is 0 Å². The van der Waals surface area contributed by atoms with Crippen molar-refractivity contribution in [2.24, 2.45) is 0 Å². The van der Waals surface area contributed by atoms with Crippen LogP contribution in [0.3, 0.4) is 0 Å². The summed E-state index contributed by atoms with van der Waals surface area (Å²) in [6.07, 6.45) is 1.78. The third kappa shape index (κ3) is 4.55.